The number of ether oxygens (including phenoxy) is 4. The Hall–Kier alpha value is -2.42. The number of hydrogen-bond donors (Lipinski definition) is 3. The summed E-state index contributed by atoms with van der Waals surface area (Å²) in [6, 6.07) is 2.29. The van der Waals surface area contributed by atoms with Crippen molar-refractivity contribution in [1.29, 1.82) is 5.41 Å². The zero-order chi connectivity index (χ0) is 25.0. The van der Waals surface area contributed by atoms with Crippen molar-refractivity contribution in [2.45, 2.75) is 53.2 Å². The van der Waals surface area contributed by atoms with Gasteiger partial charge < -0.3 is 35.2 Å². The third kappa shape index (κ3) is 12.8. The van der Waals surface area contributed by atoms with E-state index < -0.39 is 17.9 Å². The molecule has 4 N–H and O–H groups in total. The molecule has 0 spiro atoms. The third-order valence-corrected chi connectivity index (χ3v) is 3.54. The maximum atomic E-state index is 12.3. The molecule has 0 aromatic heterocycles. The number of nitrogens with two attached hydrogens (primary N) is 1. The Labute approximate surface area is 187 Å². The quantitative estimate of drug-likeness (QED) is 0.285. The Bertz CT molecular complexity index is 607. The van der Waals surface area contributed by atoms with Crippen LogP contribution >= 0.6 is 0 Å². The monoisotopic (exact) mass is 442 g/mol. The number of methoxy groups -OCH3 is 4. The van der Waals surface area contributed by atoms with E-state index in [4.69, 9.17) is 25.4 Å². The van der Waals surface area contributed by atoms with Crippen molar-refractivity contribution in [1.82, 2.24) is 0 Å². The molecule has 2 atom stereocenters. The Kier molecular flexibility index (Phi) is 22.3. The molecular weight excluding hydrogens is 400 g/mol. The zero-order valence-corrected chi connectivity index (χ0v) is 20.6. The first-order chi connectivity index (χ1) is 14.8. The standard InChI is InChI=1S/C15H22N2O5.C4H8O.2C2H6/c1-8(18)10(16)7-11(17)14(19)9-5-12(20-2)15(22-4)13(6-9)21-3;1-3-4-5-2;2*1-2/h5-6,8,10,17-18H,7,16H2,1-4H3;3H,1,4H2,2H3;2*1-2H3. The smallest absolute Gasteiger partial charge is 0.206 e. The molecule has 8 nitrogen and oxygen atoms in total. The molecule has 0 fully saturated rings. The van der Waals surface area contributed by atoms with Gasteiger partial charge >= 0.3 is 0 Å². The fraction of sp³-hybridized carbons (Fsp3) is 0.565. The molecule has 0 heterocycles. The Balaban J connectivity index is -0.000000747. The van der Waals surface area contributed by atoms with Crippen molar-refractivity contribution in [3.05, 3.63) is 30.4 Å². The summed E-state index contributed by atoms with van der Waals surface area (Å²) in [6.07, 6.45) is 0.890. The summed E-state index contributed by atoms with van der Waals surface area (Å²) >= 11 is 0. The van der Waals surface area contributed by atoms with Crippen LogP contribution in [0.15, 0.2) is 24.8 Å². The van der Waals surface area contributed by atoms with Crippen LogP contribution in [0.2, 0.25) is 0 Å². The highest BCUT2D eigenvalue weighted by Crippen LogP contribution is 2.38. The highest BCUT2D eigenvalue weighted by Gasteiger charge is 2.22. The number of ketones is 1. The summed E-state index contributed by atoms with van der Waals surface area (Å²) in [5.41, 5.74) is 5.72. The maximum Gasteiger partial charge on any atom is 0.206 e. The summed E-state index contributed by atoms with van der Waals surface area (Å²) in [6.45, 7) is 13.6. The van der Waals surface area contributed by atoms with Crippen molar-refractivity contribution >= 4 is 11.5 Å². The molecule has 180 valence electrons. The number of nitrogens with one attached hydrogen (secondary N) is 1. The number of aliphatic hydroxyl groups excluding tert-OH is 1. The number of benzene rings is 1. The Morgan fingerprint density at radius 2 is 1.55 bits per heavy atom. The van der Waals surface area contributed by atoms with Gasteiger partial charge in [0, 0.05) is 25.1 Å². The molecule has 0 aliphatic rings. The molecule has 0 saturated carbocycles. The van der Waals surface area contributed by atoms with Gasteiger partial charge in [-0.3, -0.25) is 4.79 Å². The minimum Gasteiger partial charge on any atom is -0.493 e. The third-order valence-electron chi connectivity index (χ3n) is 3.54. The van der Waals surface area contributed by atoms with E-state index in [9.17, 15) is 9.90 Å². The topological polar surface area (TPSA) is 124 Å². The van der Waals surface area contributed by atoms with Gasteiger partial charge in [-0.2, -0.15) is 0 Å². The second kappa shape index (κ2) is 20.8. The number of hydrogen-bond acceptors (Lipinski definition) is 8. The van der Waals surface area contributed by atoms with Crippen molar-refractivity contribution in [3.63, 3.8) is 0 Å². The minimum atomic E-state index is -0.798. The molecule has 1 aromatic carbocycles. The molecule has 1 rings (SSSR count). The molecule has 0 radical (unpaired) electrons. The maximum absolute atomic E-state index is 12.3. The van der Waals surface area contributed by atoms with Crippen LogP contribution in [-0.4, -0.2) is 63.8 Å². The van der Waals surface area contributed by atoms with E-state index in [-0.39, 0.29) is 17.7 Å². The second-order valence-electron chi connectivity index (χ2n) is 5.57. The molecule has 0 saturated heterocycles. The van der Waals surface area contributed by atoms with E-state index in [0.717, 1.165) is 0 Å². The van der Waals surface area contributed by atoms with Gasteiger partial charge in [0.25, 0.3) is 0 Å². The van der Waals surface area contributed by atoms with Crippen molar-refractivity contribution in [2.75, 3.05) is 35.0 Å². The molecular formula is C23H42N2O6. The second-order valence-corrected chi connectivity index (χ2v) is 5.57. The predicted octanol–water partition coefficient (Wildman–Crippen LogP) is 3.88. The molecule has 0 amide bonds. The lowest BCUT2D eigenvalue weighted by Crippen LogP contribution is -2.36. The van der Waals surface area contributed by atoms with Crippen LogP contribution in [0.3, 0.4) is 0 Å². The van der Waals surface area contributed by atoms with E-state index in [1.807, 2.05) is 27.7 Å². The highest BCUT2D eigenvalue weighted by atomic mass is 16.5. The summed E-state index contributed by atoms with van der Waals surface area (Å²) in [4.78, 5) is 12.3. The summed E-state index contributed by atoms with van der Waals surface area (Å²) in [5, 5.41) is 17.2. The fourth-order valence-electron chi connectivity index (χ4n) is 2.00. The largest absolute Gasteiger partial charge is 0.493 e. The average molecular weight is 443 g/mol. The van der Waals surface area contributed by atoms with Crippen LogP contribution in [0, 0.1) is 5.41 Å². The SMILES string of the molecule is C=CCOC.CC.CC.COc1cc(C(=O)C(=N)CC(N)C(C)O)cc(OC)c1OC. The van der Waals surface area contributed by atoms with Gasteiger partial charge in [-0.15, -0.1) is 6.58 Å². The number of aliphatic hydroxyl groups is 1. The van der Waals surface area contributed by atoms with Crippen molar-refractivity contribution in [2.24, 2.45) is 5.73 Å². The van der Waals surface area contributed by atoms with Gasteiger partial charge in [0.2, 0.25) is 11.5 Å². The predicted molar refractivity (Wildman–Crippen MR) is 127 cm³/mol. The molecule has 0 aliphatic carbocycles. The lowest BCUT2D eigenvalue weighted by atomic mass is 9.99. The van der Waals surface area contributed by atoms with E-state index in [0.29, 0.717) is 23.9 Å². The van der Waals surface area contributed by atoms with Crippen LogP contribution in [0.5, 0.6) is 17.2 Å². The molecule has 0 bridgehead atoms. The number of rotatable bonds is 10. The molecule has 31 heavy (non-hydrogen) atoms. The fourth-order valence-corrected chi connectivity index (χ4v) is 2.00. The summed E-state index contributed by atoms with van der Waals surface area (Å²) in [5.74, 6) is 0.528. The van der Waals surface area contributed by atoms with Gasteiger partial charge in [0.05, 0.1) is 39.8 Å². The summed E-state index contributed by atoms with van der Waals surface area (Å²) in [7, 11) is 5.99. The van der Waals surface area contributed by atoms with Crippen molar-refractivity contribution < 1.29 is 28.8 Å². The first kappa shape index (κ1) is 33.2. The molecule has 8 heteroatoms. The van der Waals surface area contributed by atoms with Crippen molar-refractivity contribution in [3.8, 4) is 17.2 Å². The Morgan fingerprint density at radius 1 is 1.10 bits per heavy atom. The normalized spacial score (nSPS) is 10.9. The van der Waals surface area contributed by atoms with Crippen LogP contribution < -0.4 is 19.9 Å². The van der Waals surface area contributed by atoms with E-state index in [1.54, 1.807) is 13.2 Å². The minimum absolute atomic E-state index is 0.0207. The molecule has 0 aliphatic heterocycles. The van der Waals surface area contributed by atoms with Gasteiger partial charge in [0.1, 0.15) is 0 Å². The van der Waals surface area contributed by atoms with Crippen LogP contribution in [0.4, 0.5) is 0 Å². The first-order valence-corrected chi connectivity index (χ1v) is 10.2. The highest BCUT2D eigenvalue weighted by molar-refractivity contribution is 6.45. The first-order valence-electron chi connectivity index (χ1n) is 10.2. The molecule has 1 aromatic rings. The van der Waals surface area contributed by atoms with Crippen LogP contribution in [0.1, 0.15) is 51.4 Å². The lowest BCUT2D eigenvalue weighted by Gasteiger charge is -2.16. The number of Topliss-reactive ketones (excluding diaryl/α,β-unsaturated/α-hetero) is 1. The van der Waals surface area contributed by atoms with Crippen LogP contribution in [-0.2, 0) is 4.74 Å². The van der Waals surface area contributed by atoms with E-state index in [1.165, 1.54) is 40.4 Å². The number of carbonyl (C=O) groups excluding carboxylic acids is 1. The summed E-state index contributed by atoms with van der Waals surface area (Å²) < 4.78 is 20.1. The Morgan fingerprint density at radius 3 is 1.81 bits per heavy atom. The van der Waals surface area contributed by atoms with Gasteiger partial charge in [-0.1, -0.05) is 33.8 Å². The van der Waals surface area contributed by atoms with Crippen LogP contribution in [0.25, 0.3) is 0 Å². The van der Waals surface area contributed by atoms with Gasteiger partial charge in [0.15, 0.2) is 11.5 Å². The zero-order valence-electron chi connectivity index (χ0n) is 20.6. The van der Waals surface area contributed by atoms with E-state index in [2.05, 4.69) is 11.3 Å². The lowest BCUT2D eigenvalue weighted by molar-refractivity contribution is 0.105. The average Bonchev–Trinajstić information content (AvgIpc) is 2.80. The van der Waals surface area contributed by atoms with E-state index >= 15 is 0 Å². The van der Waals surface area contributed by atoms with Gasteiger partial charge in [-0.05, 0) is 19.1 Å². The van der Waals surface area contributed by atoms with Gasteiger partial charge in [-0.25, -0.2) is 0 Å². The number of carbonyl (C=O) groups is 1. The molecule has 2 unspecified atom stereocenters.